The van der Waals surface area contributed by atoms with Crippen molar-refractivity contribution in [1.29, 1.82) is 5.26 Å². The summed E-state index contributed by atoms with van der Waals surface area (Å²) < 4.78 is 4.83. The number of nitrogens with one attached hydrogen (secondary N) is 1. The van der Waals surface area contributed by atoms with Gasteiger partial charge in [-0.2, -0.15) is 10.2 Å². The first kappa shape index (κ1) is 12.6. The second-order valence-electron chi connectivity index (χ2n) is 4.94. The van der Waals surface area contributed by atoms with E-state index >= 15 is 0 Å². The quantitative estimate of drug-likeness (QED) is 0.857. The molecular weight excluding hydrogens is 232 g/mol. The molecular formula is C12H16N4O2. The Kier molecular flexibility index (Phi) is 3.32. The van der Waals surface area contributed by atoms with E-state index in [2.05, 4.69) is 21.5 Å². The Morgan fingerprint density at radius 2 is 2.39 bits per heavy atom. The van der Waals surface area contributed by atoms with Gasteiger partial charge in [0.25, 0.3) is 0 Å². The van der Waals surface area contributed by atoms with Crippen LogP contribution in [0.2, 0.25) is 0 Å². The highest BCUT2D eigenvalue weighted by Gasteiger charge is 2.48. The molecule has 2 rings (SSSR count). The molecule has 0 atom stereocenters. The maximum absolute atomic E-state index is 11.9. The highest BCUT2D eigenvalue weighted by atomic mass is 16.5. The molecule has 1 amide bonds. The van der Waals surface area contributed by atoms with E-state index in [0.717, 1.165) is 0 Å². The van der Waals surface area contributed by atoms with E-state index in [1.165, 1.54) is 0 Å². The van der Waals surface area contributed by atoms with Crippen LogP contribution in [0.1, 0.15) is 31.5 Å². The van der Waals surface area contributed by atoms with Crippen molar-refractivity contribution in [3.05, 3.63) is 11.7 Å². The average Bonchev–Trinajstić information content (AvgIpc) is 2.70. The molecule has 0 radical (unpaired) electrons. The molecule has 6 heteroatoms. The number of aryl methyl sites for hydroxylation is 1. The zero-order chi connectivity index (χ0) is 13.2. The number of amides is 1. The number of nitriles is 1. The normalized spacial score (nSPS) is 26.2. The van der Waals surface area contributed by atoms with Gasteiger partial charge in [-0.15, -0.1) is 0 Å². The van der Waals surface area contributed by atoms with Crippen LogP contribution >= 0.6 is 0 Å². The molecule has 0 unspecified atom stereocenters. The molecule has 0 saturated heterocycles. The maximum atomic E-state index is 11.9. The fourth-order valence-corrected chi connectivity index (χ4v) is 2.36. The van der Waals surface area contributed by atoms with Gasteiger partial charge in [-0.1, -0.05) is 12.1 Å². The summed E-state index contributed by atoms with van der Waals surface area (Å²) in [5, 5.41) is 15.6. The summed E-state index contributed by atoms with van der Waals surface area (Å²) >= 11 is 0. The largest absolute Gasteiger partial charge is 0.354 e. The van der Waals surface area contributed by atoms with Crippen molar-refractivity contribution in [2.75, 3.05) is 6.54 Å². The first-order valence-electron chi connectivity index (χ1n) is 6.04. The average molecular weight is 248 g/mol. The Bertz CT molecular complexity index is 483. The number of hydrogen-bond acceptors (Lipinski definition) is 5. The van der Waals surface area contributed by atoms with Crippen LogP contribution in [0.3, 0.4) is 0 Å². The van der Waals surface area contributed by atoms with Crippen molar-refractivity contribution in [2.24, 2.45) is 11.3 Å². The van der Waals surface area contributed by atoms with Gasteiger partial charge in [0.05, 0.1) is 6.07 Å². The van der Waals surface area contributed by atoms with Gasteiger partial charge in [0.1, 0.15) is 5.41 Å². The minimum absolute atomic E-state index is 0.177. The van der Waals surface area contributed by atoms with Crippen molar-refractivity contribution in [3.63, 3.8) is 0 Å². The zero-order valence-electron chi connectivity index (χ0n) is 10.6. The van der Waals surface area contributed by atoms with E-state index in [1.807, 2.05) is 6.92 Å². The molecule has 1 aliphatic rings. The lowest BCUT2D eigenvalue weighted by atomic mass is 9.63. The van der Waals surface area contributed by atoms with E-state index in [-0.39, 0.29) is 5.91 Å². The van der Waals surface area contributed by atoms with Crippen LogP contribution in [0, 0.1) is 29.6 Å². The number of hydrogen-bond donors (Lipinski definition) is 1. The van der Waals surface area contributed by atoms with Crippen molar-refractivity contribution in [1.82, 2.24) is 15.5 Å². The first-order valence-corrected chi connectivity index (χ1v) is 6.04. The molecule has 0 aliphatic heterocycles. The molecule has 18 heavy (non-hydrogen) atoms. The number of carbonyl (C=O) groups is 1. The summed E-state index contributed by atoms with van der Waals surface area (Å²) in [7, 11) is 0. The van der Waals surface area contributed by atoms with Crippen LogP contribution in [-0.2, 0) is 11.2 Å². The van der Waals surface area contributed by atoms with Crippen molar-refractivity contribution >= 4 is 5.91 Å². The highest BCUT2D eigenvalue weighted by molar-refractivity contribution is 5.86. The second-order valence-corrected chi connectivity index (χ2v) is 4.94. The lowest BCUT2D eigenvalue weighted by Crippen LogP contribution is -2.48. The molecule has 0 spiro atoms. The van der Waals surface area contributed by atoms with Crippen LogP contribution in [0.15, 0.2) is 4.52 Å². The van der Waals surface area contributed by atoms with Gasteiger partial charge in [-0.05, 0) is 18.8 Å². The van der Waals surface area contributed by atoms with Gasteiger partial charge >= 0.3 is 0 Å². The van der Waals surface area contributed by atoms with Crippen molar-refractivity contribution in [3.8, 4) is 6.07 Å². The predicted octanol–water partition coefficient (Wildman–Crippen LogP) is 0.977. The zero-order valence-corrected chi connectivity index (χ0v) is 10.6. The van der Waals surface area contributed by atoms with E-state index < -0.39 is 5.41 Å². The summed E-state index contributed by atoms with van der Waals surface area (Å²) in [6.45, 7) is 4.19. The van der Waals surface area contributed by atoms with Crippen LogP contribution in [0.5, 0.6) is 0 Å². The van der Waals surface area contributed by atoms with E-state index in [1.54, 1.807) is 6.92 Å². The Balaban J connectivity index is 1.80. The Hall–Kier alpha value is -1.90. The third kappa shape index (κ3) is 2.35. The van der Waals surface area contributed by atoms with E-state index in [9.17, 15) is 4.79 Å². The summed E-state index contributed by atoms with van der Waals surface area (Å²) in [6, 6.07) is 2.14. The smallest absolute Gasteiger partial charge is 0.240 e. The number of rotatable bonds is 4. The van der Waals surface area contributed by atoms with Gasteiger partial charge in [0.15, 0.2) is 5.82 Å². The summed E-state index contributed by atoms with van der Waals surface area (Å²) in [5.74, 6) is 1.36. The van der Waals surface area contributed by atoms with Crippen LogP contribution in [-0.4, -0.2) is 22.6 Å². The standard InChI is InChI=1S/C12H16N4O2/c1-8-5-12(6-8,7-13)11(17)14-4-3-10-15-9(2)18-16-10/h8H,3-6H2,1-2H3,(H,14,17). The van der Waals surface area contributed by atoms with Gasteiger partial charge in [0, 0.05) is 19.9 Å². The predicted molar refractivity (Wildman–Crippen MR) is 62.2 cm³/mol. The number of aromatic nitrogens is 2. The molecule has 0 bridgehead atoms. The summed E-state index contributed by atoms with van der Waals surface area (Å²) in [5.41, 5.74) is -0.813. The molecule has 0 aromatic carbocycles. The highest BCUT2D eigenvalue weighted by Crippen LogP contribution is 2.44. The third-order valence-electron chi connectivity index (χ3n) is 3.25. The lowest BCUT2D eigenvalue weighted by molar-refractivity contribution is -0.133. The lowest BCUT2D eigenvalue weighted by Gasteiger charge is -2.39. The maximum Gasteiger partial charge on any atom is 0.240 e. The minimum Gasteiger partial charge on any atom is -0.354 e. The Labute approximate surface area is 105 Å². The molecule has 1 aliphatic carbocycles. The Morgan fingerprint density at radius 1 is 1.67 bits per heavy atom. The SMILES string of the molecule is Cc1nc(CCNC(=O)C2(C#N)CC(C)C2)no1. The number of carbonyl (C=O) groups excluding carboxylic acids is 1. The van der Waals surface area contributed by atoms with Gasteiger partial charge in [-0.3, -0.25) is 4.79 Å². The van der Waals surface area contributed by atoms with E-state index in [0.29, 0.717) is 43.4 Å². The van der Waals surface area contributed by atoms with Gasteiger partial charge in [-0.25, -0.2) is 0 Å². The second kappa shape index (κ2) is 4.77. The molecule has 1 aromatic rings. The molecule has 6 nitrogen and oxygen atoms in total. The summed E-state index contributed by atoms with van der Waals surface area (Å²) in [4.78, 5) is 16.0. The van der Waals surface area contributed by atoms with Crippen molar-refractivity contribution < 1.29 is 9.32 Å². The minimum atomic E-state index is -0.813. The topological polar surface area (TPSA) is 91.8 Å². The fraction of sp³-hybridized carbons (Fsp3) is 0.667. The molecule has 1 N–H and O–H groups in total. The molecule has 96 valence electrons. The molecule has 1 saturated carbocycles. The Morgan fingerprint density at radius 3 is 2.89 bits per heavy atom. The summed E-state index contributed by atoms with van der Waals surface area (Å²) in [6.07, 6.45) is 1.81. The fourth-order valence-electron chi connectivity index (χ4n) is 2.36. The van der Waals surface area contributed by atoms with Gasteiger partial charge < -0.3 is 9.84 Å². The number of nitrogens with zero attached hydrogens (tertiary/aromatic N) is 3. The molecule has 1 fully saturated rings. The van der Waals surface area contributed by atoms with Gasteiger partial charge in [0.2, 0.25) is 11.8 Å². The monoisotopic (exact) mass is 248 g/mol. The molecule has 1 aromatic heterocycles. The molecule has 1 heterocycles. The van der Waals surface area contributed by atoms with Crippen LogP contribution in [0.4, 0.5) is 0 Å². The first-order chi connectivity index (χ1) is 8.55. The van der Waals surface area contributed by atoms with Crippen LogP contribution in [0.25, 0.3) is 0 Å². The van der Waals surface area contributed by atoms with Crippen molar-refractivity contribution in [2.45, 2.75) is 33.1 Å². The van der Waals surface area contributed by atoms with E-state index in [4.69, 9.17) is 9.78 Å². The third-order valence-corrected chi connectivity index (χ3v) is 3.25. The van der Waals surface area contributed by atoms with Crippen LogP contribution < -0.4 is 5.32 Å².